The Labute approximate surface area is 96.5 Å². The van der Waals surface area contributed by atoms with E-state index in [9.17, 15) is 0 Å². The van der Waals surface area contributed by atoms with E-state index in [0.29, 0.717) is 11.3 Å². The molecule has 2 saturated carbocycles. The summed E-state index contributed by atoms with van der Waals surface area (Å²) in [6.45, 7) is 2.47. The highest BCUT2D eigenvalue weighted by Crippen LogP contribution is 2.51. The van der Waals surface area contributed by atoms with Gasteiger partial charge in [0.15, 0.2) is 0 Å². The Bertz CT molecular complexity index is 311. The molecule has 0 amide bonds. The number of nitrogens with two attached hydrogens (primary N) is 1. The molecule has 16 heavy (non-hydrogen) atoms. The van der Waals surface area contributed by atoms with Gasteiger partial charge in [-0.25, -0.2) is 0 Å². The summed E-state index contributed by atoms with van der Waals surface area (Å²) in [5.41, 5.74) is 5.98. The summed E-state index contributed by atoms with van der Waals surface area (Å²) in [6, 6.07) is 0.842. The Morgan fingerprint density at radius 2 is 2.25 bits per heavy atom. The average Bonchev–Trinajstić information content (AvgIpc) is 2.75. The summed E-state index contributed by atoms with van der Waals surface area (Å²) in [5, 5.41) is 11.8. The quantitative estimate of drug-likeness (QED) is 0.328. The van der Waals surface area contributed by atoms with Crippen molar-refractivity contribution in [3.63, 3.8) is 0 Å². The number of hydrogen-bond acceptors (Lipinski definition) is 3. The molecule has 0 aromatic rings. The van der Waals surface area contributed by atoms with Crippen LogP contribution in [-0.2, 0) is 0 Å². The van der Waals surface area contributed by atoms with Crippen LogP contribution >= 0.6 is 0 Å². The lowest BCUT2D eigenvalue weighted by atomic mass is 9.99. The van der Waals surface area contributed by atoms with Crippen LogP contribution in [0.3, 0.4) is 0 Å². The first-order chi connectivity index (χ1) is 7.71. The zero-order valence-corrected chi connectivity index (χ0v) is 9.73. The lowest BCUT2D eigenvalue weighted by molar-refractivity contribution is 0.174. The second-order valence-corrected chi connectivity index (χ2v) is 6.03. The summed E-state index contributed by atoms with van der Waals surface area (Å²) in [4.78, 5) is 2.66. The molecule has 1 saturated heterocycles. The maximum absolute atomic E-state index is 8.64. The van der Waals surface area contributed by atoms with E-state index < -0.39 is 0 Å². The second kappa shape index (κ2) is 3.62. The number of oxime groups is 1. The van der Waals surface area contributed by atoms with Gasteiger partial charge in [-0.1, -0.05) is 5.16 Å². The average molecular weight is 223 g/mol. The third kappa shape index (κ3) is 1.79. The van der Waals surface area contributed by atoms with Crippen LogP contribution in [0.15, 0.2) is 5.16 Å². The topological polar surface area (TPSA) is 61.8 Å². The van der Waals surface area contributed by atoms with E-state index in [1.54, 1.807) is 0 Å². The van der Waals surface area contributed by atoms with Gasteiger partial charge >= 0.3 is 0 Å². The predicted molar refractivity (Wildman–Crippen MR) is 62.4 cm³/mol. The molecule has 4 nitrogen and oxygen atoms in total. The third-order valence-electron chi connectivity index (χ3n) is 4.70. The maximum atomic E-state index is 8.64. The van der Waals surface area contributed by atoms with E-state index in [1.807, 2.05) is 0 Å². The van der Waals surface area contributed by atoms with Gasteiger partial charge < -0.3 is 10.9 Å². The van der Waals surface area contributed by atoms with E-state index in [0.717, 1.165) is 18.4 Å². The molecule has 3 N–H and O–H groups in total. The molecule has 2 atom stereocenters. The minimum Gasteiger partial charge on any atom is -0.409 e. The number of fused-ring (bicyclic) bond motifs is 2. The number of rotatable bonds is 4. The third-order valence-corrected chi connectivity index (χ3v) is 4.70. The fourth-order valence-electron chi connectivity index (χ4n) is 3.64. The summed E-state index contributed by atoms with van der Waals surface area (Å²) in [5.74, 6) is 1.37. The van der Waals surface area contributed by atoms with E-state index in [-0.39, 0.29) is 0 Å². The van der Waals surface area contributed by atoms with Crippen LogP contribution in [0.1, 0.15) is 38.5 Å². The van der Waals surface area contributed by atoms with Gasteiger partial charge in [-0.3, -0.25) is 4.90 Å². The standard InChI is InChI=1S/C12H21N3O/c13-11(14-16)6-12(3-4-12)8-15-7-9-1-2-10(15)5-9/h9-10,16H,1-8H2,(H2,13,14). The van der Waals surface area contributed by atoms with Gasteiger partial charge in [-0.15, -0.1) is 0 Å². The van der Waals surface area contributed by atoms with Crippen molar-refractivity contribution in [2.75, 3.05) is 13.1 Å². The number of amidine groups is 1. The zero-order valence-electron chi connectivity index (χ0n) is 9.73. The molecule has 2 bridgehead atoms. The van der Waals surface area contributed by atoms with Crippen molar-refractivity contribution < 1.29 is 5.21 Å². The van der Waals surface area contributed by atoms with Gasteiger partial charge in [0.25, 0.3) is 0 Å². The molecule has 3 aliphatic rings. The lowest BCUT2D eigenvalue weighted by Crippen LogP contribution is -2.38. The molecule has 3 rings (SSSR count). The minimum atomic E-state index is 0.348. The molecule has 1 heterocycles. The van der Waals surface area contributed by atoms with Crippen molar-refractivity contribution in [2.24, 2.45) is 22.2 Å². The van der Waals surface area contributed by atoms with Crippen molar-refractivity contribution in [3.05, 3.63) is 0 Å². The Balaban J connectivity index is 1.58. The highest BCUT2D eigenvalue weighted by molar-refractivity contribution is 5.80. The molecule has 1 aliphatic heterocycles. The van der Waals surface area contributed by atoms with Crippen LogP contribution in [0.25, 0.3) is 0 Å². The minimum absolute atomic E-state index is 0.348. The predicted octanol–water partition coefficient (Wildman–Crippen LogP) is 1.39. The zero-order chi connectivity index (χ0) is 11.2. The molecular formula is C12H21N3O. The van der Waals surface area contributed by atoms with Gasteiger partial charge in [0.2, 0.25) is 0 Å². The van der Waals surface area contributed by atoms with Gasteiger partial charge in [-0.2, -0.15) is 0 Å². The van der Waals surface area contributed by atoms with Crippen LogP contribution in [0.5, 0.6) is 0 Å². The Morgan fingerprint density at radius 1 is 1.44 bits per heavy atom. The summed E-state index contributed by atoms with van der Waals surface area (Å²) in [7, 11) is 0. The van der Waals surface area contributed by atoms with Gasteiger partial charge in [0, 0.05) is 25.6 Å². The monoisotopic (exact) mass is 223 g/mol. The summed E-state index contributed by atoms with van der Waals surface area (Å²) in [6.07, 6.45) is 7.52. The van der Waals surface area contributed by atoms with Gasteiger partial charge in [0.05, 0.1) is 0 Å². The SMILES string of the molecule is NC(CC1(CN2CC3CCC2C3)CC1)=NO. The molecule has 0 aromatic heterocycles. The number of likely N-dealkylation sites (tertiary alicyclic amines) is 1. The van der Waals surface area contributed by atoms with Crippen LogP contribution in [-0.4, -0.2) is 35.1 Å². The smallest absolute Gasteiger partial charge is 0.139 e. The van der Waals surface area contributed by atoms with Crippen molar-refractivity contribution in [1.82, 2.24) is 4.90 Å². The Hall–Kier alpha value is -0.770. The van der Waals surface area contributed by atoms with E-state index in [2.05, 4.69) is 10.1 Å². The first-order valence-electron chi connectivity index (χ1n) is 6.41. The van der Waals surface area contributed by atoms with E-state index >= 15 is 0 Å². The number of piperidine rings is 1. The van der Waals surface area contributed by atoms with Crippen LogP contribution in [0.4, 0.5) is 0 Å². The molecule has 3 fully saturated rings. The molecule has 2 unspecified atom stereocenters. The Kier molecular flexibility index (Phi) is 2.35. The normalized spacial score (nSPS) is 36.9. The van der Waals surface area contributed by atoms with Crippen LogP contribution in [0, 0.1) is 11.3 Å². The molecule has 4 heteroatoms. The van der Waals surface area contributed by atoms with Gasteiger partial charge in [-0.05, 0) is 43.4 Å². The van der Waals surface area contributed by atoms with Crippen LogP contribution < -0.4 is 5.73 Å². The van der Waals surface area contributed by atoms with Gasteiger partial charge in [0.1, 0.15) is 5.84 Å². The van der Waals surface area contributed by atoms with E-state index in [4.69, 9.17) is 10.9 Å². The Morgan fingerprint density at radius 3 is 2.75 bits per heavy atom. The molecule has 2 aliphatic carbocycles. The highest BCUT2D eigenvalue weighted by Gasteiger charge is 2.48. The van der Waals surface area contributed by atoms with Crippen LogP contribution in [0.2, 0.25) is 0 Å². The summed E-state index contributed by atoms with van der Waals surface area (Å²) < 4.78 is 0. The fourth-order valence-corrected chi connectivity index (χ4v) is 3.64. The van der Waals surface area contributed by atoms with Crippen molar-refractivity contribution >= 4 is 5.84 Å². The maximum Gasteiger partial charge on any atom is 0.139 e. The molecule has 0 radical (unpaired) electrons. The molecule has 0 spiro atoms. The van der Waals surface area contributed by atoms with Crippen molar-refractivity contribution in [2.45, 2.75) is 44.6 Å². The summed E-state index contributed by atoms with van der Waals surface area (Å²) >= 11 is 0. The molecular weight excluding hydrogens is 202 g/mol. The fraction of sp³-hybridized carbons (Fsp3) is 0.917. The van der Waals surface area contributed by atoms with E-state index in [1.165, 1.54) is 45.2 Å². The second-order valence-electron chi connectivity index (χ2n) is 6.03. The first kappa shape index (κ1) is 10.4. The molecule has 90 valence electrons. The number of hydrogen-bond donors (Lipinski definition) is 2. The molecule has 0 aromatic carbocycles. The lowest BCUT2D eigenvalue weighted by Gasteiger charge is -2.30. The van der Waals surface area contributed by atoms with Crippen molar-refractivity contribution in [1.29, 1.82) is 0 Å². The number of nitrogens with zero attached hydrogens (tertiary/aromatic N) is 2. The first-order valence-corrected chi connectivity index (χ1v) is 6.41. The van der Waals surface area contributed by atoms with Crippen molar-refractivity contribution in [3.8, 4) is 0 Å². The largest absolute Gasteiger partial charge is 0.409 e. The highest BCUT2D eigenvalue weighted by atomic mass is 16.4.